The Morgan fingerprint density at radius 1 is 1.64 bits per heavy atom. The maximum atomic E-state index is 11.2. The van der Waals surface area contributed by atoms with Crippen molar-refractivity contribution in [1.29, 1.82) is 0 Å². The predicted octanol–water partition coefficient (Wildman–Crippen LogP) is 3.22. The lowest BCUT2D eigenvalue weighted by atomic mass is 9.68. The molecule has 1 aliphatic carbocycles. The number of carboxylic acids is 1. The molecule has 0 aliphatic heterocycles. The van der Waals surface area contributed by atoms with E-state index in [1.165, 1.54) is 11.3 Å². The van der Waals surface area contributed by atoms with Crippen LogP contribution in [-0.4, -0.2) is 11.1 Å². The van der Waals surface area contributed by atoms with Crippen LogP contribution in [0.15, 0.2) is 6.07 Å². The van der Waals surface area contributed by atoms with E-state index in [0.717, 1.165) is 29.0 Å². The van der Waals surface area contributed by atoms with Gasteiger partial charge in [-0.1, -0.05) is 18.0 Å². The first-order valence-corrected chi connectivity index (χ1v) is 5.75. The topological polar surface area (TPSA) is 37.3 Å². The molecule has 1 saturated carbocycles. The summed E-state index contributed by atoms with van der Waals surface area (Å²) in [4.78, 5) is 13.1. The molecule has 1 fully saturated rings. The highest BCUT2D eigenvalue weighted by molar-refractivity contribution is 7.12. The Bertz CT molecular complexity index is 379. The van der Waals surface area contributed by atoms with Crippen molar-refractivity contribution in [3.63, 3.8) is 0 Å². The molecule has 14 heavy (non-hydrogen) atoms. The molecule has 0 bridgehead atoms. The third-order valence-electron chi connectivity index (χ3n) is 2.86. The van der Waals surface area contributed by atoms with Crippen LogP contribution in [0.4, 0.5) is 0 Å². The third kappa shape index (κ3) is 1.27. The van der Waals surface area contributed by atoms with Gasteiger partial charge in [-0.2, -0.15) is 0 Å². The van der Waals surface area contributed by atoms with Crippen molar-refractivity contribution >= 4 is 28.9 Å². The number of hydrogen-bond acceptors (Lipinski definition) is 2. The van der Waals surface area contributed by atoms with Crippen molar-refractivity contribution in [2.75, 3.05) is 0 Å². The molecule has 0 spiro atoms. The molecule has 0 radical (unpaired) electrons. The summed E-state index contributed by atoms with van der Waals surface area (Å²) in [5, 5.41) is 9.84. The number of halogens is 1. The quantitative estimate of drug-likeness (QED) is 0.847. The fourth-order valence-corrected chi connectivity index (χ4v) is 3.54. The van der Waals surface area contributed by atoms with Gasteiger partial charge in [-0.25, -0.2) is 0 Å². The van der Waals surface area contributed by atoms with Crippen molar-refractivity contribution in [2.45, 2.75) is 31.6 Å². The molecule has 0 unspecified atom stereocenters. The molecule has 1 aliphatic rings. The lowest BCUT2D eigenvalue weighted by molar-refractivity contribution is -0.147. The van der Waals surface area contributed by atoms with Gasteiger partial charge in [-0.15, -0.1) is 11.3 Å². The van der Waals surface area contributed by atoms with E-state index >= 15 is 0 Å². The highest BCUT2D eigenvalue weighted by Gasteiger charge is 2.48. The van der Waals surface area contributed by atoms with Gasteiger partial charge in [-0.05, 0) is 25.8 Å². The van der Waals surface area contributed by atoms with Crippen molar-refractivity contribution in [3.8, 4) is 0 Å². The number of thiophene rings is 1. The van der Waals surface area contributed by atoms with E-state index in [0.29, 0.717) is 5.02 Å². The van der Waals surface area contributed by atoms with Crippen molar-refractivity contribution in [3.05, 3.63) is 20.8 Å². The summed E-state index contributed by atoms with van der Waals surface area (Å²) in [7, 11) is 0. The number of aryl methyl sites for hydroxylation is 1. The zero-order valence-electron chi connectivity index (χ0n) is 7.84. The molecule has 2 rings (SSSR count). The number of rotatable bonds is 2. The van der Waals surface area contributed by atoms with Crippen molar-refractivity contribution in [2.24, 2.45) is 0 Å². The monoisotopic (exact) mass is 230 g/mol. The summed E-state index contributed by atoms with van der Waals surface area (Å²) in [5.41, 5.74) is -0.671. The fourth-order valence-electron chi connectivity index (χ4n) is 1.88. The molecular formula is C10H11ClO2S. The first kappa shape index (κ1) is 9.99. The van der Waals surface area contributed by atoms with Crippen LogP contribution in [0.1, 0.15) is 29.0 Å². The van der Waals surface area contributed by atoms with Crippen LogP contribution in [0, 0.1) is 6.92 Å². The molecule has 4 heteroatoms. The van der Waals surface area contributed by atoms with Crippen LogP contribution in [0.5, 0.6) is 0 Å². The Balaban J connectivity index is 2.46. The molecule has 2 nitrogen and oxygen atoms in total. The number of hydrogen-bond donors (Lipinski definition) is 1. The highest BCUT2D eigenvalue weighted by atomic mass is 35.5. The molecule has 1 aromatic heterocycles. The van der Waals surface area contributed by atoms with E-state index in [9.17, 15) is 9.90 Å². The standard InChI is InChI=1S/C10H11ClO2S/c1-6-5-7(11)8(14-6)10(9(12)13)3-2-4-10/h5H,2-4H2,1H3,(H,12,13). The normalized spacial score (nSPS) is 19.0. The summed E-state index contributed by atoms with van der Waals surface area (Å²) >= 11 is 7.55. The SMILES string of the molecule is Cc1cc(Cl)c(C2(C(=O)O)CCC2)s1. The Morgan fingerprint density at radius 3 is 2.57 bits per heavy atom. The van der Waals surface area contributed by atoms with Crippen LogP contribution in [0.25, 0.3) is 0 Å². The van der Waals surface area contributed by atoms with Gasteiger partial charge in [0, 0.05) is 9.75 Å². The van der Waals surface area contributed by atoms with E-state index in [1.807, 2.05) is 13.0 Å². The summed E-state index contributed by atoms with van der Waals surface area (Å²) in [6.45, 7) is 1.95. The van der Waals surface area contributed by atoms with Crippen LogP contribution in [0.2, 0.25) is 5.02 Å². The summed E-state index contributed by atoms with van der Waals surface area (Å²) in [5.74, 6) is -0.729. The minimum Gasteiger partial charge on any atom is -0.481 e. The van der Waals surface area contributed by atoms with Crippen LogP contribution in [0.3, 0.4) is 0 Å². The smallest absolute Gasteiger partial charge is 0.315 e. The van der Waals surface area contributed by atoms with Crippen LogP contribution >= 0.6 is 22.9 Å². The molecule has 0 saturated heterocycles. The first-order chi connectivity index (χ1) is 6.56. The number of carbonyl (C=O) groups is 1. The summed E-state index contributed by atoms with van der Waals surface area (Å²) in [6, 6.07) is 1.85. The van der Waals surface area contributed by atoms with Gasteiger partial charge in [0.2, 0.25) is 0 Å². The lowest BCUT2D eigenvalue weighted by Crippen LogP contribution is -2.41. The zero-order chi connectivity index (χ0) is 10.3. The zero-order valence-corrected chi connectivity index (χ0v) is 9.41. The van der Waals surface area contributed by atoms with E-state index in [-0.39, 0.29) is 0 Å². The van der Waals surface area contributed by atoms with Crippen LogP contribution in [-0.2, 0) is 10.2 Å². The second-order valence-corrected chi connectivity index (χ2v) is 5.44. The molecule has 0 amide bonds. The van der Waals surface area contributed by atoms with E-state index < -0.39 is 11.4 Å². The molecule has 76 valence electrons. The number of carboxylic acid groups (broad SMARTS) is 1. The van der Waals surface area contributed by atoms with E-state index in [4.69, 9.17) is 11.6 Å². The average molecular weight is 231 g/mol. The molecule has 1 aromatic rings. The first-order valence-electron chi connectivity index (χ1n) is 4.56. The second kappa shape index (κ2) is 3.24. The Morgan fingerprint density at radius 2 is 2.29 bits per heavy atom. The second-order valence-electron chi connectivity index (χ2n) is 3.77. The lowest BCUT2D eigenvalue weighted by Gasteiger charge is -2.37. The Hall–Kier alpha value is -0.540. The van der Waals surface area contributed by atoms with Crippen LogP contribution < -0.4 is 0 Å². The molecule has 1 heterocycles. The van der Waals surface area contributed by atoms with Gasteiger partial charge < -0.3 is 5.11 Å². The summed E-state index contributed by atoms with van der Waals surface area (Å²) < 4.78 is 0. The van der Waals surface area contributed by atoms with Crippen molar-refractivity contribution < 1.29 is 9.90 Å². The minimum atomic E-state index is -0.729. The number of aliphatic carboxylic acids is 1. The van der Waals surface area contributed by atoms with E-state index in [2.05, 4.69) is 0 Å². The molecule has 1 N–H and O–H groups in total. The van der Waals surface area contributed by atoms with E-state index in [1.54, 1.807) is 0 Å². The van der Waals surface area contributed by atoms with Gasteiger partial charge >= 0.3 is 5.97 Å². The van der Waals surface area contributed by atoms with Gasteiger partial charge in [0.1, 0.15) is 5.41 Å². The summed E-state index contributed by atoms with van der Waals surface area (Å²) in [6.07, 6.45) is 2.43. The van der Waals surface area contributed by atoms with Crippen molar-refractivity contribution in [1.82, 2.24) is 0 Å². The Kier molecular flexibility index (Phi) is 2.32. The largest absolute Gasteiger partial charge is 0.481 e. The maximum absolute atomic E-state index is 11.2. The van der Waals surface area contributed by atoms with Gasteiger partial charge in [0.05, 0.1) is 5.02 Å². The Labute approximate surface area is 91.5 Å². The minimum absolute atomic E-state index is 0.620. The van der Waals surface area contributed by atoms with Gasteiger partial charge in [-0.3, -0.25) is 4.79 Å². The van der Waals surface area contributed by atoms with Gasteiger partial charge in [0.15, 0.2) is 0 Å². The fraction of sp³-hybridized carbons (Fsp3) is 0.500. The predicted molar refractivity (Wildman–Crippen MR) is 57.2 cm³/mol. The molecule has 0 atom stereocenters. The average Bonchev–Trinajstić information content (AvgIpc) is 2.27. The third-order valence-corrected chi connectivity index (χ3v) is 4.53. The molecule has 0 aromatic carbocycles. The molecular weight excluding hydrogens is 220 g/mol. The van der Waals surface area contributed by atoms with Gasteiger partial charge in [0.25, 0.3) is 0 Å². The maximum Gasteiger partial charge on any atom is 0.315 e. The highest BCUT2D eigenvalue weighted by Crippen LogP contribution is 2.49.